The lowest BCUT2D eigenvalue weighted by Crippen LogP contribution is -2.00. The van der Waals surface area contributed by atoms with E-state index in [0.29, 0.717) is 6.61 Å². The number of aryl methyl sites for hydroxylation is 2. The van der Waals surface area contributed by atoms with Crippen LogP contribution < -0.4 is 4.74 Å². The molecule has 17 heavy (non-hydrogen) atoms. The van der Waals surface area contributed by atoms with Gasteiger partial charge in [0.05, 0.1) is 12.8 Å². The largest absolute Gasteiger partial charge is 0.488 e. The summed E-state index contributed by atoms with van der Waals surface area (Å²) in [5, 5.41) is 13.3. The molecule has 90 valence electrons. The highest BCUT2D eigenvalue weighted by atomic mass is 16.5. The number of para-hydroxylation sites is 1. The van der Waals surface area contributed by atoms with Crippen molar-refractivity contribution in [2.24, 2.45) is 7.05 Å². The normalized spacial score (nSPS) is 10.5. The first-order valence-electron chi connectivity index (χ1n) is 5.50. The van der Waals surface area contributed by atoms with Crippen molar-refractivity contribution < 1.29 is 9.84 Å². The Kier molecular flexibility index (Phi) is 3.44. The molecule has 0 aliphatic heterocycles. The van der Waals surface area contributed by atoms with Gasteiger partial charge in [-0.3, -0.25) is 4.68 Å². The Balaban J connectivity index is 2.13. The molecule has 1 aromatic carbocycles. The van der Waals surface area contributed by atoms with E-state index in [1.807, 2.05) is 38.4 Å². The number of hydrogen-bond donors (Lipinski definition) is 1. The molecule has 0 saturated heterocycles. The summed E-state index contributed by atoms with van der Waals surface area (Å²) in [6.07, 6.45) is 3.69. The Bertz CT molecular complexity index is 506. The molecule has 4 nitrogen and oxygen atoms in total. The SMILES string of the molecule is Cc1cccc(CO)c1OCc1cnn(C)c1. The van der Waals surface area contributed by atoms with E-state index >= 15 is 0 Å². The smallest absolute Gasteiger partial charge is 0.128 e. The zero-order chi connectivity index (χ0) is 12.3. The maximum absolute atomic E-state index is 9.25. The van der Waals surface area contributed by atoms with Crippen LogP contribution in [0.25, 0.3) is 0 Å². The third kappa shape index (κ3) is 2.65. The molecule has 0 spiro atoms. The summed E-state index contributed by atoms with van der Waals surface area (Å²) in [4.78, 5) is 0. The van der Waals surface area contributed by atoms with Gasteiger partial charge in [0.2, 0.25) is 0 Å². The fraction of sp³-hybridized carbons (Fsp3) is 0.308. The van der Waals surface area contributed by atoms with E-state index in [4.69, 9.17) is 4.74 Å². The van der Waals surface area contributed by atoms with E-state index in [2.05, 4.69) is 5.10 Å². The molecule has 0 saturated carbocycles. The minimum atomic E-state index is -0.00987. The average Bonchev–Trinajstić information content (AvgIpc) is 2.73. The van der Waals surface area contributed by atoms with Crippen LogP contribution >= 0.6 is 0 Å². The van der Waals surface area contributed by atoms with Gasteiger partial charge in [-0.1, -0.05) is 18.2 Å². The number of hydrogen-bond acceptors (Lipinski definition) is 3. The van der Waals surface area contributed by atoms with Gasteiger partial charge in [0, 0.05) is 24.4 Å². The van der Waals surface area contributed by atoms with E-state index in [1.165, 1.54) is 0 Å². The van der Waals surface area contributed by atoms with Crippen molar-refractivity contribution in [3.8, 4) is 5.75 Å². The van der Waals surface area contributed by atoms with Crippen molar-refractivity contribution in [1.29, 1.82) is 0 Å². The highest BCUT2D eigenvalue weighted by Crippen LogP contribution is 2.24. The summed E-state index contributed by atoms with van der Waals surface area (Å²) in [5.74, 6) is 0.763. The van der Waals surface area contributed by atoms with Gasteiger partial charge in [0.25, 0.3) is 0 Å². The molecule has 0 amide bonds. The Labute approximate surface area is 100 Å². The van der Waals surface area contributed by atoms with Crippen molar-refractivity contribution in [2.45, 2.75) is 20.1 Å². The highest BCUT2D eigenvalue weighted by Gasteiger charge is 2.06. The Morgan fingerprint density at radius 1 is 1.41 bits per heavy atom. The number of nitrogens with zero attached hydrogens (tertiary/aromatic N) is 2. The summed E-state index contributed by atoms with van der Waals surface area (Å²) in [6.45, 7) is 2.42. The van der Waals surface area contributed by atoms with Crippen molar-refractivity contribution >= 4 is 0 Å². The van der Waals surface area contributed by atoms with Crippen molar-refractivity contribution in [2.75, 3.05) is 0 Å². The second-order valence-corrected chi connectivity index (χ2v) is 4.03. The molecule has 0 atom stereocenters. The molecular weight excluding hydrogens is 216 g/mol. The summed E-state index contributed by atoms with van der Waals surface area (Å²) < 4.78 is 7.48. The number of rotatable bonds is 4. The van der Waals surface area contributed by atoms with Crippen LogP contribution in [0.1, 0.15) is 16.7 Å². The van der Waals surface area contributed by atoms with Gasteiger partial charge >= 0.3 is 0 Å². The quantitative estimate of drug-likeness (QED) is 0.874. The van der Waals surface area contributed by atoms with E-state index < -0.39 is 0 Å². The van der Waals surface area contributed by atoms with Crippen LogP contribution in [-0.4, -0.2) is 14.9 Å². The van der Waals surface area contributed by atoms with Gasteiger partial charge in [-0.05, 0) is 12.5 Å². The van der Waals surface area contributed by atoms with Gasteiger partial charge in [0.15, 0.2) is 0 Å². The predicted octanol–water partition coefficient (Wildman–Crippen LogP) is 1.80. The molecule has 1 aromatic heterocycles. The summed E-state index contributed by atoms with van der Waals surface area (Å²) in [6, 6.07) is 5.75. The molecule has 1 N–H and O–H groups in total. The first kappa shape index (κ1) is 11.7. The second-order valence-electron chi connectivity index (χ2n) is 4.03. The monoisotopic (exact) mass is 232 g/mol. The fourth-order valence-electron chi connectivity index (χ4n) is 1.75. The van der Waals surface area contributed by atoms with Crippen LogP contribution in [0, 0.1) is 6.92 Å². The van der Waals surface area contributed by atoms with E-state index in [9.17, 15) is 5.11 Å². The minimum Gasteiger partial charge on any atom is -0.488 e. The third-order valence-corrected chi connectivity index (χ3v) is 2.61. The molecular formula is C13H16N2O2. The van der Waals surface area contributed by atoms with E-state index in [-0.39, 0.29) is 6.61 Å². The zero-order valence-electron chi connectivity index (χ0n) is 10.1. The molecule has 2 aromatic rings. The summed E-state index contributed by atoms with van der Waals surface area (Å²) in [7, 11) is 1.87. The van der Waals surface area contributed by atoms with Crippen molar-refractivity contribution in [3.63, 3.8) is 0 Å². The lowest BCUT2D eigenvalue weighted by atomic mass is 10.1. The lowest BCUT2D eigenvalue weighted by Gasteiger charge is -2.11. The maximum Gasteiger partial charge on any atom is 0.128 e. The number of aliphatic hydroxyl groups excluding tert-OH is 1. The Morgan fingerprint density at radius 2 is 2.24 bits per heavy atom. The average molecular weight is 232 g/mol. The third-order valence-electron chi connectivity index (χ3n) is 2.61. The van der Waals surface area contributed by atoms with Gasteiger partial charge in [0.1, 0.15) is 12.4 Å². The molecule has 0 fully saturated rings. The second kappa shape index (κ2) is 5.01. The van der Waals surface area contributed by atoms with Gasteiger partial charge < -0.3 is 9.84 Å². The fourth-order valence-corrected chi connectivity index (χ4v) is 1.75. The summed E-state index contributed by atoms with van der Waals surface area (Å²) in [5.41, 5.74) is 2.86. The Hall–Kier alpha value is -1.81. The number of benzene rings is 1. The molecule has 0 bridgehead atoms. The van der Waals surface area contributed by atoms with Crippen LogP contribution in [0.15, 0.2) is 30.6 Å². The number of ether oxygens (including phenoxy) is 1. The minimum absolute atomic E-state index is 0.00987. The number of aliphatic hydroxyl groups is 1. The van der Waals surface area contributed by atoms with Crippen molar-refractivity contribution in [3.05, 3.63) is 47.3 Å². The molecule has 0 aliphatic carbocycles. The van der Waals surface area contributed by atoms with Gasteiger partial charge in [-0.15, -0.1) is 0 Å². The van der Waals surface area contributed by atoms with Gasteiger partial charge in [-0.25, -0.2) is 0 Å². The van der Waals surface area contributed by atoms with E-state index in [1.54, 1.807) is 10.9 Å². The first-order valence-corrected chi connectivity index (χ1v) is 5.50. The lowest BCUT2D eigenvalue weighted by molar-refractivity contribution is 0.258. The van der Waals surface area contributed by atoms with Crippen LogP contribution in [0.4, 0.5) is 0 Å². The van der Waals surface area contributed by atoms with Crippen LogP contribution in [-0.2, 0) is 20.3 Å². The molecule has 4 heteroatoms. The summed E-state index contributed by atoms with van der Waals surface area (Å²) >= 11 is 0. The predicted molar refractivity (Wildman–Crippen MR) is 64.6 cm³/mol. The number of aromatic nitrogens is 2. The van der Waals surface area contributed by atoms with Gasteiger partial charge in [-0.2, -0.15) is 5.10 Å². The molecule has 2 rings (SSSR count). The Morgan fingerprint density at radius 3 is 2.88 bits per heavy atom. The maximum atomic E-state index is 9.25. The van der Waals surface area contributed by atoms with Crippen LogP contribution in [0.3, 0.4) is 0 Å². The standard InChI is InChI=1S/C13H16N2O2/c1-10-4-3-5-12(8-16)13(10)17-9-11-6-14-15(2)7-11/h3-7,16H,8-9H2,1-2H3. The first-order chi connectivity index (χ1) is 8.20. The molecule has 0 radical (unpaired) electrons. The zero-order valence-corrected chi connectivity index (χ0v) is 10.1. The van der Waals surface area contributed by atoms with Crippen LogP contribution in [0.5, 0.6) is 5.75 Å². The topological polar surface area (TPSA) is 47.3 Å². The van der Waals surface area contributed by atoms with Crippen molar-refractivity contribution in [1.82, 2.24) is 9.78 Å². The molecule has 1 heterocycles. The van der Waals surface area contributed by atoms with Crippen LogP contribution in [0.2, 0.25) is 0 Å². The molecule has 0 aliphatic rings. The van der Waals surface area contributed by atoms with E-state index in [0.717, 1.165) is 22.4 Å². The highest BCUT2D eigenvalue weighted by molar-refractivity contribution is 5.40. The molecule has 0 unspecified atom stereocenters.